The molecule has 0 radical (unpaired) electrons. The lowest BCUT2D eigenvalue weighted by Gasteiger charge is -2.20. The Hall–Kier alpha value is -0.620. The zero-order valence-corrected chi connectivity index (χ0v) is 14.2. The number of halogens is 3. The Bertz CT molecular complexity index is 585. The Morgan fingerprint density at radius 3 is 2.80 bits per heavy atom. The lowest BCUT2D eigenvalue weighted by Crippen LogP contribution is -2.22. The first kappa shape index (κ1) is 15.8. The van der Waals surface area contributed by atoms with Crippen molar-refractivity contribution in [2.45, 2.75) is 13.0 Å². The molecule has 1 heterocycles. The maximum atomic E-state index is 14.2. The van der Waals surface area contributed by atoms with Gasteiger partial charge in [0.1, 0.15) is 11.6 Å². The highest BCUT2D eigenvalue weighted by Gasteiger charge is 2.23. The molecule has 108 valence electrons. The van der Waals surface area contributed by atoms with Crippen molar-refractivity contribution in [3.8, 4) is 5.75 Å². The molecule has 0 saturated carbocycles. The van der Waals surface area contributed by atoms with Gasteiger partial charge in [0.05, 0.1) is 27.5 Å². The predicted octanol–water partition coefficient (Wildman–Crippen LogP) is 5.01. The van der Waals surface area contributed by atoms with Crippen molar-refractivity contribution in [3.05, 3.63) is 49.3 Å². The van der Waals surface area contributed by atoms with E-state index in [0.29, 0.717) is 22.9 Å². The van der Waals surface area contributed by atoms with Crippen LogP contribution in [-0.2, 0) is 0 Å². The molecule has 1 unspecified atom stereocenters. The molecule has 0 amide bonds. The highest BCUT2D eigenvalue weighted by atomic mass is 79.9. The van der Waals surface area contributed by atoms with E-state index in [1.165, 1.54) is 17.4 Å². The van der Waals surface area contributed by atoms with Crippen LogP contribution >= 0.6 is 38.9 Å². The molecule has 0 saturated heterocycles. The van der Waals surface area contributed by atoms with Crippen LogP contribution in [0.5, 0.6) is 5.75 Å². The SMILES string of the molecule is CCNC(c1cc(Cl)c(Br)s1)c1c(F)cccc1OC. The molecule has 2 rings (SSSR count). The maximum Gasteiger partial charge on any atom is 0.132 e. The van der Waals surface area contributed by atoms with Gasteiger partial charge in [0.25, 0.3) is 0 Å². The number of rotatable bonds is 5. The van der Waals surface area contributed by atoms with E-state index in [1.807, 2.05) is 13.0 Å². The summed E-state index contributed by atoms with van der Waals surface area (Å²) >= 11 is 11.0. The number of benzene rings is 1. The fourth-order valence-corrected chi connectivity index (χ4v) is 3.86. The first-order valence-electron chi connectivity index (χ1n) is 6.09. The molecule has 1 aromatic carbocycles. The van der Waals surface area contributed by atoms with Crippen molar-refractivity contribution in [2.75, 3.05) is 13.7 Å². The Labute approximate surface area is 135 Å². The second kappa shape index (κ2) is 6.89. The summed E-state index contributed by atoms with van der Waals surface area (Å²) in [4.78, 5) is 0.937. The summed E-state index contributed by atoms with van der Waals surface area (Å²) in [7, 11) is 1.54. The molecule has 0 fully saturated rings. The van der Waals surface area contributed by atoms with Crippen LogP contribution in [-0.4, -0.2) is 13.7 Å². The maximum absolute atomic E-state index is 14.2. The minimum Gasteiger partial charge on any atom is -0.496 e. The van der Waals surface area contributed by atoms with Crippen molar-refractivity contribution in [1.82, 2.24) is 5.32 Å². The van der Waals surface area contributed by atoms with Gasteiger partial charge in [-0.1, -0.05) is 24.6 Å². The number of ether oxygens (including phenoxy) is 1. The normalized spacial score (nSPS) is 12.4. The topological polar surface area (TPSA) is 21.3 Å². The molecular weight excluding hydrogens is 365 g/mol. The molecule has 0 aliphatic rings. The van der Waals surface area contributed by atoms with Gasteiger partial charge >= 0.3 is 0 Å². The number of hydrogen-bond acceptors (Lipinski definition) is 3. The summed E-state index contributed by atoms with van der Waals surface area (Å²) in [6.07, 6.45) is 0. The van der Waals surface area contributed by atoms with Crippen LogP contribution in [0.1, 0.15) is 23.4 Å². The van der Waals surface area contributed by atoms with Crippen LogP contribution in [0.25, 0.3) is 0 Å². The number of thiophene rings is 1. The molecule has 1 atom stereocenters. The molecular formula is C14H14BrClFNOS. The zero-order chi connectivity index (χ0) is 14.7. The van der Waals surface area contributed by atoms with E-state index in [2.05, 4.69) is 21.2 Å². The van der Waals surface area contributed by atoms with Crippen molar-refractivity contribution >= 4 is 38.9 Å². The van der Waals surface area contributed by atoms with E-state index < -0.39 is 0 Å². The molecule has 6 heteroatoms. The lowest BCUT2D eigenvalue weighted by atomic mass is 10.0. The smallest absolute Gasteiger partial charge is 0.132 e. The van der Waals surface area contributed by atoms with Crippen molar-refractivity contribution < 1.29 is 9.13 Å². The first-order valence-corrected chi connectivity index (χ1v) is 8.07. The predicted molar refractivity (Wildman–Crippen MR) is 85.5 cm³/mol. The fourth-order valence-electron chi connectivity index (χ4n) is 2.03. The summed E-state index contributed by atoms with van der Waals surface area (Å²) in [5.41, 5.74) is 0.502. The summed E-state index contributed by atoms with van der Waals surface area (Å²) in [5, 5.41) is 3.91. The molecule has 20 heavy (non-hydrogen) atoms. The van der Waals surface area contributed by atoms with Crippen LogP contribution in [0.3, 0.4) is 0 Å². The molecule has 0 aliphatic carbocycles. The van der Waals surface area contributed by atoms with Crippen LogP contribution in [0, 0.1) is 5.82 Å². The number of hydrogen-bond donors (Lipinski definition) is 1. The summed E-state index contributed by atoms with van der Waals surface area (Å²) in [5.74, 6) is 0.229. The van der Waals surface area contributed by atoms with Crippen molar-refractivity contribution in [3.63, 3.8) is 0 Å². The quantitative estimate of drug-likeness (QED) is 0.789. The largest absolute Gasteiger partial charge is 0.496 e. The highest BCUT2D eigenvalue weighted by molar-refractivity contribution is 9.11. The van der Waals surface area contributed by atoms with Gasteiger partial charge in [-0.25, -0.2) is 4.39 Å². The molecule has 2 nitrogen and oxygen atoms in total. The average Bonchev–Trinajstić information content (AvgIpc) is 2.76. The van der Waals surface area contributed by atoms with E-state index in [4.69, 9.17) is 16.3 Å². The molecule has 1 N–H and O–H groups in total. The molecule has 2 aromatic rings. The van der Waals surface area contributed by atoms with Gasteiger partial charge < -0.3 is 10.1 Å². The van der Waals surface area contributed by atoms with Crippen LogP contribution < -0.4 is 10.1 Å². The minimum absolute atomic E-state index is 0.287. The number of nitrogens with one attached hydrogen (secondary N) is 1. The first-order chi connectivity index (χ1) is 9.58. The second-order valence-corrected chi connectivity index (χ2v) is 6.93. The summed E-state index contributed by atoms with van der Waals surface area (Å²) < 4.78 is 20.4. The third-order valence-corrected chi connectivity index (χ3v) is 5.42. The van der Waals surface area contributed by atoms with Gasteiger partial charge in [0, 0.05) is 4.88 Å². The third-order valence-electron chi connectivity index (χ3n) is 2.88. The fraction of sp³-hybridized carbons (Fsp3) is 0.286. The van der Waals surface area contributed by atoms with Crippen molar-refractivity contribution in [2.24, 2.45) is 0 Å². The summed E-state index contributed by atoms with van der Waals surface area (Å²) in [6.45, 7) is 2.68. The average molecular weight is 379 g/mol. The van der Waals surface area contributed by atoms with Gasteiger partial charge in [0.15, 0.2) is 0 Å². The molecule has 0 spiro atoms. The van der Waals surface area contributed by atoms with Gasteiger partial charge in [-0.15, -0.1) is 11.3 Å². The Morgan fingerprint density at radius 1 is 1.50 bits per heavy atom. The Kier molecular flexibility index (Phi) is 5.43. The van der Waals surface area contributed by atoms with Gasteiger partial charge in [0.2, 0.25) is 0 Å². The van der Waals surface area contributed by atoms with E-state index in [0.717, 1.165) is 8.66 Å². The van der Waals surface area contributed by atoms with E-state index >= 15 is 0 Å². The Morgan fingerprint density at radius 2 is 2.25 bits per heavy atom. The lowest BCUT2D eigenvalue weighted by molar-refractivity contribution is 0.398. The van der Waals surface area contributed by atoms with Gasteiger partial charge in [-0.05, 0) is 40.7 Å². The van der Waals surface area contributed by atoms with Crippen molar-refractivity contribution in [1.29, 1.82) is 0 Å². The van der Waals surface area contributed by atoms with E-state index in [9.17, 15) is 4.39 Å². The standard InChI is InChI=1S/C14H14BrClFNOS/c1-3-18-13(11-7-8(16)14(15)20-11)12-9(17)5-4-6-10(12)19-2/h4-7,13,18H,3H2,1-2H3. The van der Waals surface area contributed by atoms with E-state index in [-0.39, 0.29) is 11.9 Å². The third kappa shape index (κ3) is 3.17. The monoisotopic (exact) mass is 377 g/mol. The zero-order valence-electron chi connectivity index (χ0n) is 11.0. The van der Waals surface area contributed by atoms with Gasteiger partial charge in [-0.2, -0.15) is 0 Å². The second-order valence-electron chi connectivity index (χ2n) is 4.12. The Balaban J connectivity index is 2.53. The molecule has 1 aromatic heterocycles. The number of methoxy groups -OCH3 is 1. The summed E-state index contributed by atoms with van der Waals surface area (Å²) in [6, 6.07) is 6.39. The van der Waals surface area contributed by atoms with Crippen LogP contribution in [0.2, 0.25) is 5.02 Å². The molecule has 0 aliphatic heterocycles. The van der Waals surface area contributed by atoms with E-state index in [1.54, 1.807) is 19.2 Å². The van der Waals surface area contributed by atoms with Crippen LogP contribution in [0.15, 0.2) is 28.1 Å². The molecule has 0 bridgehead atoms. The minimum atomic E-state index is -0.295. The van der Waals surface area contributed by atoms with Crippen LogP contribution in [0.4, 0.5) is 4.39 Å². The van der Waals surface area contributed by atoms with Gasteiger partial charge in [-0.3, -0.25) is 0 Å². The highest BCUT2D eigenvalue weighted by Crippen LogP contribution is 2.40.